The molecular formula is C24H32O2S. The van der Waals surface area contributed by atoms with Crippen LogP contribution in [0.5, 0.6) is 11.5 Å². The summed E-state index contributed by atoms with van der Waals surface area (Å²) in [6.45, 7) is 14.6. The molecule has 0 aliphatic carbocycles. The number of methoxy groups -OCH3 is 1. The summed E-state index contributed by atoms with van der Waals surface area (Å²) >= 11 is 1.86. The first-order valence-electron chi connectivity index (χ1n) is 9.63. The Morgan fingerprint density at radius 1 is 1.07 bits per heavy atom. The first kappa shape index (κ1) is 21.4. The molecule has 146 valence electrons. The fourth-order valence-electron chi connectivity index (χ4n) is 3.00. The van der Waals surface area contributed by atoms with Gasteiger partial charge in [-0.25, -0.2) is 0 Å². The van der Waals surface area contributed by atoms with Crippen molar-refractivity contribution in [2.75, 3.05) is 7.11 Å². The van der Waals surface area contributed by atoms with Crippen molar-refractivity contribution in [2.45, 2.75) is 64.2 Å². The lowest BCUT2D eigenvalue weighted by molar-refractivity contribution is 0.159. The van der Waals surface area contributed by atoms with E-state index in [-0.39, 0.29) is 5.60 Å². The fraction of sp³-hybridized carbons (Fsp3) is 0.417. The van der Waals surface area contributed by atoms with Crippen LogP contribution in [-0.2, 0) is 0 Å². The number of thioether (sulfide) groups is 1. The topological polar surface area (TPSA) is 18.5 Å². The Labute approximate surface area is 169 Å². The van der Waals surface area contributed by atoms with Gasteiger partial charge in [0.2, 0.25) is 0 Å². The van der Waals surface area contributed by atoms with E-state index in [0.29, 0.717) is 5.25 Å². The molecule has 0 spiro atoms. The SMILES string of the molecule is CC.COc1cc(C(C)Sc2ccc3c(c2)C=CC(C)(C)O3)cc(C)c1C. The van der Waals surface area contributed by atoms with Crippen LogP contribution in [0.4, 0.5) is 0 Å². The molecule has 0 aromatic heterocycles. The second-order valence-electron chi connectivity index (χ2n) is 7.16. The average Bonchev–Trinajstić information content (AvgIpc) is 2.65. The van der Waals surface area contributed by atoms with Crippen molar-refractivity contribution in [1.82, 2.24) is 0 Å². The van der Waals surface area contributed by atoms with Crippen molar-refractivity contribution in [3.05, 3.63) is 58.7 Å². The standard InChI is InChI=1S/C22H26O2S.C2H6/c1-14-11-18(13-21(23-6)15(14)2)16(3)25-19-7-8-20-17(12-19)9-10-22(4,5)24-20;1-2/h7-13,16H,1-6H3;1-2H3. The molecule has 1 aliphatic rings. The molecule has 0 bridgehead atoms. The minimum atomic E-state index is -0.231. The van der Waals surface area contributed by atoms with Crippen LogP contribution in [0.2, 0.25) is 0 Å². The number of rotatable bonds is 4. The normalized spacial score (nSPS) is 15.1. The van der Waals surface area contributed by atoms with E-state index in [1.165, 1.54) is 21.6 Å². The maximum Gasteiger partial charge on any atom is 0.127 e. The van der Waals surface area contributed by atoms with Gasteiger partial charge in [-0.15, -0.1) is 11.8 Å². The van der Waals surface area contributed by atoms with Crippen molar-refractivity contribution in [3.63, 3.8) is 0 Å². The first-order chi connectivity index (χ1) is 12.8. The number of benzene rings is 2. The Bertz CT molecular complexity index is 821. The summed E-state index contributed by atoms with van der Waals surface area (Å²) in [7, 11) is 1.74. The van der Waals surface area contributed by atoms with Crippen LogP contribution in [0.25, 0.3) is 6.08 Å². The van der Waals surface area contributed by atoms with Gasteiger partial charge in [-0.05, 0) is 81.7 Å². The fourth-order valence-corrected chi connectivity index (χ4v) is 4.03. The highest BCUT2D eigenvalue weighted by Crippen LogP contribution is 2.40. The van der Waals surface area contributed by atoms with Gasteiger partial charge in [0, 0.05) is 15.7 Å². The Hall–Kier alpha value is -1.87. The van der Waals surface area contributed by atoms with Crippen LogP contribution in [0.3, 0.4) is 0 Å². The number of ether oxygens (including phenoxy) is 2. The monoisotopic (exact) mass is 384 g/mol. The molecule has 1 atom stereocenters. The van der Waals surface area contributed by atoms with E-state index < -0.39 is 0 Å². The Morgan fingerprint density at radius 2 is 1.78 bits per heavy atom. The number of aryl methyl sites for hydroxylation is 1. The summed E-state index contributed by atoms with van der Waals surface area (Å²) in [5, 5.41) is 0.344. The highest BCUT2D eigenvalue weighted by atomic mass is 32.2. The number of fused-ring (bicyclic) bond motifs is 1. The van der Waals surface area contributed by atoms with Gasteiger partial charge >= 0.3 is 0 Å². The molecule has 3 rings (SSSR count). The van der Waals surface area contributed by atoms with Gasteiger partial charge in [0.25, 0.3) is 0 Å². The van der Waals surface area contributed by atoms with E-state index in [1.54, 1.807) is 7.11 Å². The Morgan fingerprint density at radius 3 is 2.44 bits per heavy atom. The summed E-state index contributed by atoms with van der Waals surface area (Å²) in [4.78, 5) is 1.25. The molecular weight excluding hydrogens is 352 g/mol. The van der Waals surface area contributed by atoms with E-state index in [2.05, 4.69) is 77.1 Å². The van der Waals surface area contributed by atoms with Gasteiger partial charge in [0.1, 0.15) is 17.1 Å². The average molecular weight is 385 g/mol. The third-order valence-corrected chi connectivity index (χ3v) is 5.81. The van der Waals surface area contributed by atoms with Gasteiger partial charge in [-0.3, -0.25) is 0 Å². The van der Waals surface area contributed by atoms with E-state index in [4.69, 9.17) is 9.47 Å². The second-order valence-corrected chi connectivity index (χ2v) is 8.58. The van der Waals surface area contributed by atoms with Crippen molar-refractivity contribution in [1.29, 1.82) is 0 Å². The van der Waals surface area contributed by atoms with Crippen molar-refractivity contribution in [2.24, 2.45) is 0 Å². The Balaban J connectivity index is 0.00000126. The van der Waals surface area contributed by atoms with E-state index >= 15 is 0 Å². The summed E-state index contributed by atoms with van der Waals surface area (Å²) in [5.41, 5.74) is 4.68. The quantitative estimate of drug-likeness (QED) is 0.512. The molecule has 0 saturated heterocycles. The highest BCUT2D eigenvalue weighted by Gasteiger charge is 2.22. The number of hydrogen-bond donors (Lipinski definition) is 0. The van der Waals surface area contributed by atoms with Crippen molar-refractivity contribution in [3.8, 4) is 11.5 Å². The number of hydrogen-bond acceptors (Lipinski definition) is 3. The van der Waals surface area contributed by atoms with Gasteiger partial charge in [0.15, 0.2) is 0 Å². The lowest BCUT2D eigenvalue weighted by Crippen LogP contribution is -2.27. The molecule has 2 nitrogen and oxygen atoms in total. The molecule has 3 heteroatoms. The molecule has 27 heavy (non-hydrogen) atoms. The molecule has 0 radical (unpaired) electrons. The van der Waals surface area contributed by atoms with Crippen LogP contribution < -0.4 is 9.47 Å². The molecule has 0 amide bonds. The molecule has 2 aromatic rings. The van der Waals surface area contributed by atoms with Crippen LogP contribution in [-0.4, -0.2) is 12.7 Å². The first-order valence-corrected chi connectivity index (χ1v) is 10.5. The molecule has 0 N–H and O–H groups in total. The lowest BCUT2D eigenvalue weighted by atomic mass is 10.0. The van der Waals surface area contributed by atoms with Gasteiger partial charge in [0.05, 0.1) is 7.11 Å². The van der Waals surface area contributed by atoms with Crippen molar-refractivity contribution >= 4 is 17.8 Å². The maximum atomic E-state index is 6.01. The van der Waals surface area contributed by atoms with Crippen LogP contribution in [0.1, 0.15) is 62.1 Å². The van der Waals surface area contributed by atoms with Gasteiger partial charge in [-0.1, -0.05) is 26.0 Å². The highest BCUT2D eigenvalue weighted by molar-refractivity contribution is 7.99. The minimum Gasteiger partial charge on any atom is -0.496 e. The van der Waals surface area contributed by atoms with Crippen LogP contribution in [0.15, 0.2) is 41.3 Å². The van der Waals surface area contributed by atoms with Crippen LogP contribution >= 0.6 is 11.8 Å². The predicted molar refractivity (Wildman–Crippen MR) is 118 cm³/mol. The molecule has 0 fully saturated rings. The zero-order chi connectivity index (χ0) is 20.2. The minimum absolute atomic E-state index is 0.231. The zero-order valence-electron chi connectivity index (χ0n) is 17.8. The van der Waals surface area contributed by atoms with E-state index in [9.17, 15) is 0 Å². The third kappa shape index (κ3) is 5.10. The van der Waals surface area contributed by atoms with Gasteiger partial charge < -0.3 is 9.47 Å². The summed E-state index contributed by atoms with van der Waals surface area (Å²) < 4.78 is 11.5. The molecule has 1 aliphatic heterocycles. The second kappa shape index (κ2) is 8.88. The molecule has 2 aromatic carbocycles. The van der Waals surface area contributed by atoms with Crippen LogP contribution in [0, 0.1) is 13.8 Å². The third-order valence-electron chi connectivity index (χ3n) is 4.66. The van der Waals surface area contributed by atoms with Gasteiger partial charge in [-0.2, -0.15) is 0 Å². The smallest absolute Gasteiger partial charge is 0.127 e. The maximum absolute atomic E-state index is 6.01. The van der Waals surface area contributed by atoms with Crippen molar-refractivity contribution < 1.29 is 9.47 Å². The Kier molecular flexibility index (Phi) is 7.05. The summed E-state index contributed by atoms with van der Waals surface area (Å²) in [6.07, 6.45) is 4.27. The molecule has 0 saturated carbocycles. The predicted octanol–water partition coefficient (Wildman–Crippen LogP) is 7.38. The molecule has 1 heterocycles. The summed E-state index contributed by atoms with van der Waals surface area (Å²) in [6, 6.07) is 10.9. The summed E-state index contributed by atoms with van der Waals surface area (Å²) in [5.74, 6) is 1.92. The van der Waals surface area contributed by atoms with E-state index in [0.717, 1.165) is 17.1 Å². The lowest BCUT2D eigenvalue weighted by Gasteiger charge is -2.28. The van der Waals surface area contributed by atoms with E-state index in [1.807, 2.05) is 25.6 Å². The molecule has 1 unspecified atom stereocenters. The largest absolute Gasteiger partial charge is 0.496 e. The zero-order valence-corrected chi connectivity index (χ0v) is 18.7.